The van der Waals surface area contributed by atoms with E-state index in [9.17, 15) is 4.79 Å². The maximum atomic E-state index is 12.6. The van der Waals surface area contributed by atoms with Gasteiger partial charge < -0.3 is 4.74 Å². The zero-order valence-corrected chi connectivity index (χ0v) is 21.2. The van der Waals surface area contributed by atoms with E-state index in [0.717, 1.165) is 35.1 Å². The van der Waals surface area contributed by atoms with Crippen molar-refractivity contribution in [2.24, 2.45) is 23.2 Å². The van der Waals surface area contributed by atoms with Gasteiger partial charge in [-0.1, -0.05) is 75.2 Å². The van der Waals surface area contributed by atoms with Crippen LogP contribution in [0.25, 0.3) is 22.4 Å². The van der Waals surface area contributed by atoms with E-state index < -0.39 is 0 Å². The third-order valence-corrected chi connectivity index (χ3v) is 8.17. The summed E-state index contributed by atoms with van der Waals surface area (Å²) in [7, 11) is 0. The highest BCUT2D eigenvalue weighted by atomic mass is 16.5. The van der Waals surface area contributed by atoms with Crippen molar-refractivity contribution in [3.63, 3.8) is 0 Å². The number of hydrogen-bond donors (Lipinski definition) is 0. The Balaban J connectivity index is 1.47. The molecule has 0 saturated heterocycles. The molecule has 2 heteroatoms. The fourth-order valence-corrected chi connectivity index (χ4v) is 6.32. The summed E-state index contributed by atoms with van der Waals surface area (Å²) >= 11 is 0. The van der Waals surface area contributed by atoms with Gasteiger partial charge in [-0.2, -0.15) is 0 Å². The van der Waals surface area contributed by atoms with E-state index in [2.05, 4.69) is 52.0 Å². The first-order valence-corrected chi connectivity index (χ1v) is 12.8. The van der Waals surface area contributed by atoms with Crippen LogP contribution in [-0.4, -0.2) is 5.97 Å². The van der Waals surface area contributed by atoms with E-state index >= 15 is 0 Å². The number of ether oxygens (including phenoxy) is 1. The predicted octanol–water partition coefficient (Wildman–Crippen LogP) is 6.80. The maximum Gasteiger partial charge on any atom is 0.343 e. The van der Waals surface area contributed by atoms with Crippen molar-refractivity contribution in [1.82, 2.24) is 0 Å². The first-order valence-electron chi connectivity index (χ1n) is 12.8. The second-order valence-electron chi connectivity index (χ2n) is 11.4. The fraction of sp³-hybridized carbons (Fsp3) is 0.406. The van der Waals surface area contributed by atoms with E-state index in [1.165, 1.54) is 35.1 Å². The van der Waals surface area contributed by atoms with Crippen molar-refractivity contribution in [3.05, 3.63) is 76.2 Å². The normalized spacial score (nSPS) is 22.3. The first kappa shape index (κ1) is 22.9. The molecule has 3 aromatic carbocycles. The fourth-order valence-electron chi connectivity index (χ4n) is 6.32. The van der Waals surface area contributed by atoms with Gasteiger partial charge in [0.15, 0.2) is 0 Å². The van der Waals surface area contributed by atoms with E-state index in [1.807, 2.05) is 43.3 Å². The molecule has 1 saturated carbocycles. The maximum absolute atomic E-state index is 12.6. The average molecular weight is 453 g/mol. The Morgan fingerprint density at radius 3 is 2.56 bits per heavy atom. The van der Waals surface area contributed by atoms with Gasteiger partial charge in [0, 0.05) is 0 Å². The van der Waals surface area contributed by atoms with Crippen molar-refractivity contribution in [3.8, 4) is 5.75 Å². The highest BCUT2D eigenvalue weighted by Gasteiger charge is 2.42. The van der Waals surface area contributed by atoms with Crippen molar-refractivity contribution in [2.45, 2.75) is 60.3 Å². The molecule has 0 aliphatic heterocycles. The van der Waals surface area contributed by atoms with Crippen LogP contribution in [0.2, 0.25) is 0 Å². The Morgan fingerprint density at radius 1 is 1.06 bits per heavy atom. The molecule has 34 heavy (non-hydrogen) atoms. The van der Waals surface area contributed by atoms with Gasteiger partial charge in [-0.15, -0.1) is 0 Å². The molecule has 3 aromatic rings. The standard InChI is InChI=1S/C32H36O2/c1-20(2)16-22(4)25-18-30-29-12-10-24-17-26(34-31(33)23-8-6-21(3)7-9-23)11-13-27(24)28(29)14-15-32(30,5)19-25/h6-14,17,20,22,25H,15-16,18-19H2,1-5H3. The van der Waals surface area contributed by atoms with Crippen LogP contribution in [0.3, 0.4) is 0 Å². The summed E-state index contributed by atoms with van der Waals surface area (Å²) in [6.07, 6.45) is 7.41. The Kier molecular flexibility index (Phi) is 5.88. The van der Waals surface area contributed by atoms with Crippen LogP contribution < -0.4 is 15.2 Å². The molecule has 0 N–H and O–H groups in total. The molecule has 1 fully saturated rings. The summed E-state index contributed by atoms with van der Waals surface area (Å²) in [6.45, 7) is 11.6. The van der Waals surface area contributed by atoms with Gasteiger partial charge in [-0.25, -0.2) is 4.79 Å². The minimum atomic E-state index is -0.317. The summed E-state index contributed by atoms with van der Waals surface area (Å²) in [5, 5.41) is 5.17. The Morgan fingerprint density at radius 2 is 1.82 bits per heavy atom. The molecule has 0 aromatic heterocycles. The lowest BCUT2D eigenvalue weighted by Gasteiger charge is -2.29. The van der Waals surface area contributed by atoms with Crippen LogP contribution in [0.1, 0.15) is 69.3 Å². The zero-order chi connectivity index (χ0) is 24.0. The number of carbonyl (C=O) groups is 1. The van der Waals surface area contributed by atoms with Gasteiger partial charge in [0.25, 0.3) is 0 Å². The van der Waals surface area contributed by atoms with Gasteiger partial charge in [0.2, 0.25) is 0 Å². The average Bonchev–Trinajstić information content (AvgIpc) is 3.17. The summed E-state index contributed by atoms with van der Waals surface area (Å²) in [6, 6.07) is 18.1. The van der Waals surface area contributed by atoms with Crippen molar-refractivity contribution >= 4 is 28.4 Å². The molecule has 0 radical (unpaired) electrons. The molecular weight excluding hydrogens is 416 g/mol. The van der Waals surface area contributed by atoms with Crippen molar-refractivity contribution in [2.75, 3.05) is 0 Å². The van der Waals surface area contributed by atoms with Crippen LogP contribution in [0.5, 0.6) is 5.75 Å². The Bertz CT molecular complexity index is 1360. The number of hydrogen-bond acceptors (Lipinski definition) is 2. The minimum Gasteiger partial charge on any atom is -0.423 e. The first-order chi connectivity index (χ1) is 16.2. The topological polar surface area (TPSA) is 26.3 Å². The molecule has 0 amide bonds. The van der Waals surface area contributed by atoms with E-state index in [4.69, 9.17) is 4.74 Å². The van der Waals surface area contributed by atoms with Gasteiger partial charge in [-0.3, -0.25) is 0 Å². The summed E-state index contributed by atoms with van der Waals surface area (Å²) in [5.41, 5.74) is 3.64. The SMILES string of the molecule is Cc1ccc(C(=O)Oc2ccc3c4c(ccc3c2)=C2CC(C(C)CC(C)C)CC2(C)CC=4)cc1. The molecule has 0 bridgehead atoms. The van der Waals surface area contributed by atoms with Gasteiger partial charge in [0.05, 0.1) is 5.56 Å². The molecule has 3 atom stereocenters. The molecule has 0 spiro atoms. The lowest BCUT2D eigenvalue weighted by atomic mass is 9.76. The Labute approximate surface area is 203 Å². The van der Waals surface area contributed by atoms with Gasteiger partial charge >= 0.3 is 5.97 Å². The second kappa shape index (κ2) is 8.73. The van der Waals surface area contributed by atoms with Crippen molar-refractivity contribution in [1.29, 1.82) is 0 Å². The monoisotopic (exact) mass is 452 g/mol. The van der Waals surface area contributed by atoms with Crippen molar-refractivity contribution < 1.29 is 9.53 Å². The quantitative estimate of drug-likeness (QED) is 0.314. The van der Waals surface area contributed by atoms with Crippen LogP contribution in [0.15, 0.2) is 54.6 Å². The van der Waals surface area contributed by atoms with Crippen LogP contribution in [0, 0.1) is 30.1 Å². The lowest BCUT2D eigenvalue weighted by Crippen LogP contribution is -2.35. The molecule has 176 valence electrons. The molecule has 0 heterocycles. The van der Waals surface area contributed by atoms with Gasteiger partial charge in [0.1, 0.15) is 5.75 Å². The number of carbonyl (C=O) groups excluding carboxylic acids is 1. The number of fused-ring (bicyclic) bond motifs is 4. The van der Waals surface area contributed by atoms with Crippen LogP contribution in [0.4, 0.5) is 0 Å². The number of rotatable bonds is 5. The second-order valence-corrected chi connectivity index (χ2v) is 11.4. The third kappa shape index (κ3) is 4.19. The van der Waals surface area contributed by atoms with E-state index in [0.29, 0.717) is 16.7 Å². The third-order valence-electron chi connectivity index (χ3n) is 8.17. The highest BCUT2D eigenvalue weighted by molar-refractivity contribution is 5.92. The smallest absolute Gasteiger partial charge is 0.343 e. The van der Waals surface area contributed by atoms with Crippen LogP contribution in [-0.2, 0) is 0 Å². The largest absolute Gasteiger partial charge is 0.423 e. The summed E-state index contributed by atoms with van der Waals surface area (Å²) in [4.78, 5) is 12.6. The van der Waals surface area contributed by atoms with Gasteiger partial charge in [-0.05, 0) is 101 Å². The summed E-state index contributed by atoms with van der Waals surface area (Å²) < 4.78 is 5.70. The molecule has 5 rings (SSSR count). The molecule has 2 nitrogen and oxygen atoms in total. The zero-order valence-electron chi connectivity index (χ0n) is 21.2. The highest BCUT2D eigenvalue weighted by Crippen LogP contribution is 2.52. The molecule has 2 aliphatic rings. The molecule has 2 aliphatic carbocycles. The number of aryl methyl sites for hydroxylation is 1. The predicted molar refractivity (Wildman–Crippen MR) is 141 cm³/mol. The molecule has 3 unspecified atom stereocenters. The van der Waals surface area contributed by atoms with Crippen LogP contribution >= 0.6 is 0 Å². The number of benzene rings is 3. The lowest BCUT2D eigenvalue weighted by molar-refractivity contribution is 0.0735. The Hall–Kier alpha value is -2.87. The summed E-state index contributed by atoms with van der Waals surface area (Å²) in [5.74, 6) is 2.58. The van der Waals surface area contributed by atoms with E-state index in [-0.39, 0.29) is 5.97 Å². The molecular formula is C32H36O2. The minimum absolute atomic E-state index is 0.292. The number of esters is 1. The van der Waals surface area contributed by atoms with E-state index in [1.54, 1.807) is 5.57 Å².